The van der Waals surface area contributed by atoms with Crippen LogP contribution in [0.15, 0.2) is 47.5 Å². The Morgan fingerprint density at radius 3 is 2.07 bits per heavy atom. The quantitative estimate of drug-likeness (QED) is 0.348. The molecule has 3 aliphatic rings. The van der Waals surface area contributed by atoms with Crippen LogP contribution in [0.2, 0.25) is 5.02 Å². The summed E-state index contributed by atoms with van der Waals surface area (Å²) in [5.41, 5.74) is 2.07. The summed E-state index contributed by atoms with van der Waals surface area (Å²) in [6, 6.07) is 11.5. The van der Waals surface area contributed by atoms with Crippen LogP contribution in [0.5, 0.6) is 0 Å². The number of carbonyl (C=O) groups excluding carboxylic acids is 3. The number of carbonyl (C=O) groups is 3. The van der Waals surface area contributed by atoms with Crippen molar-refractivity contribution in [1.82, 2.24) is 4.90 Å². The van der Waals surface area contributed by atoms with E-state index in [9.17, 15) is 40.7 Å². The predicted octanol–water partition coefficient (Wildman–Crippen LogP) is 5.56. The smallest absolute Gasteiger partial charge is 0.382 e. The average molecular weight is 601 g/mol. The standard InChI is InChI=1S/C27H23ClF6N4O3/c28-15-4-1-3-14(13-15)20-18-5-2-6-19-21(18)37(12-11-35-19)25(41)22(36-20)38-23(39)16(7-9-26(29,30)31)17(24(38)40)8-10-27(32,33)34/h1-6,13,16-17,22,35H,7-12H2/t16-,17+,22-/m0/s1. The van der Waals surface area contributed by atoms with Crippen LogP contribution in [0, 0.1) is 11.8 Å². The number of aliphatic imine (C=N–C) groups is 1. The van der Waals surface area contributed by atoms with Crippen molar-refractivity contribution < 1.29 is 40.7 Å². The van der Waals surface area contributed by atoms with Crippen molar-refractivity contribution in [1.29, 1.82) is 0 Å². The van der Waals surface area contributed by atoms with Gasteiger partial charge in [0.1, 0.15) is 0 Å². The molecule has 5 rings (SSSR count). The second-order valence-electron chi connectivity index (χ2n) is 10.0. The van der Waals surface area contributed by atoms with Gasteiger partial charge in [-0.2, -0.15) is 26.3 Å². The second-order valence-corrected chi connectivity index (χ2v) is 10.5. The van der Waals surface area contributed by atoms with Crippen LogP contribution in [-0.2, 0) is 14.4 Å². The number of nitrogens with one attached hydrogen (secondary N) is 1. The lowest BCUT2D eigenvalue weighted by molar-refractivity contribution is -0.148. The third kappa shape index (κ3) is 5.77. The lowest BCUT2D eigenvalue weighted by Gasteiger charge is -2.33. The molecular weight excluding hydrogens is 578 g/mol. The Kier molecular flexibility index (Phi) is 7.51. The summed E-state index contributed by atoms with van der Waals surface area (Å²) in [4.78, 5) is 47.4. The van der Waals surface area contributed by atoms with Gasteiger partial charge in [-0.15, -0.1) is 0 Å². The molecule has 3 atom stereocenters. The molecule has 1 fully saturated rings. The Bertz CT molecular complexity index is 1390. The average Bonchev–Trinajstić information content (AvgIpc) is 3.05. The van der Waals surface area contributed by atoms with E-state index < -0.39 is 73.8 Å². The third-order valence-electron chi connectivity index (χ3n) is 7.37. The number of alkyl halides is 6. The topological polar surface area (TPSA) is 82.1 Å². The van der Waals surface area contributed by atoms with Crippen LogP contribution < -0.4 is 10.2 Å². The predicted molar refractivity (Wildman–Crippen MR) is 138 cm³/mol. The maximum absolute atomic E-state index is 14.0. The molecule has 0 saturated carbocycles. The van der Waals surface area contributed by atoms with Crippen molar-refractivity contribution in [3.8, 4) is 0 Å². The minimum atomic E-state index is -4.71. The monoisotopic (exact) mass is 600 g/mol. The molecule has 1 N–H and O–H groups in total. The van der Waals surface area contributed by atoms with E-state index in [1.165, 1.54) is 4.90 Å². The Balaban J connectivity index is 1.62. The Labute approximate surface area is 235 Å². The van der Waals surface area contributed by atoms with E-state index in [1.807, 2.05) is 0 Å². The molecule has 0 aliphatic carbocycles. The molecule has 0 unspecified atom stereocenters. The molecule has 2 aromatic carbocycles. The zero-order chi connectivity index (χ0) is 29.7. The molecule has 7 nitrogen and oxygen atoms in total. The van der Waals surface area contributed by atoms with Gasteiger partial charge in [-0.25, -0.2) is 9.89 Å². The fourth-order valence-corrected chi connectivity index (χ4v) is 5.75. The van der Waals surface area contributed by atoms with E-state index in [0.29, 0.717) is 39.0 Å². The minimum Gasteiger partial charge on any atom is -0.382 e. The van der Waals surface area contributed by atoms with Gasteiger partial charge < -0.3 is 10.2 Å². The number of nitrogens with zero attached hydrogens (tertiary/aromatic N) is 3. The van der Waals surface area contributed by atoms with Gasteiger partial charge in [0.15, 0.2) is 0 Å². The number of hydrogen-bond acceptors (Lipinski definition) is 5. The lowest BCUT2D eigenvalue weighted by Crippen LogP contribution is -2.52. The van der Waals surface area contributed by atoms with E-state index in [-0.39, 0.29) is 12.3 Å². The molecule has 2 aromatic rings. The van der Waals surface area contributed by atoms with Crippen LogP contribution in [0.3, 0.4) is 0 Å². The van der Waals surface area contributed by atoms with E-state index in [0.717, 1.165) is 0 Å². The molecule has 3 aliphatic heterocycles. The molecule has 0 spiro atoms. The van der Waals surface area contributed by atoms with Gasteiger partial charge in [0.05, 0.1) is 28.9 Å². The maximum Gasteiger partial charge on any atom is 0.389 e. The largest absolute Gasteiger partial charge is 0.389 e. The summed E-state index contributed by atoms with van der Waals surface area (Å²) in [7, 11) is 0. The van der Waals surface area contributed by atoms with E-state index in [4.69, 9.17) is 11.6 Å². The summed E-state index contributed by atoms with van der Waals surface area (Å²) in [6.45, 7) is 0.425. The summed E-state index contributed by atoms with van der Waals surface area (Å²) >= 11 is 6.20. The summed E-state index contributed by atoms with van der Waals surface area (Å²) < 4.78 is 78.5. The first-order chi connectivity index (χ1) is 19.2. The molecule has 14 heteroatoms. The number of rotatable bonds is 6. The first kappa shape index (κ1) is 28.9. The highest BCUT2D eigenvalue weighted by atomic mass is 35.5. The van der Waals surface area contributed by atoms with Crippen molar-refractivity contribution in [2.45, 2.75) is 44.2 Å². The highest BCUT2D eigenvalue weighted by molar-refractivity contribution is 6.31. The summed E-state index contributed by atoms with van der Waals surface area (Å²) in [6.07, 6.45) is -16.0. The normalized spacial score (nSPS) is 22.9. The Morgan fingerprint density at radius 2 is 1.49 bits per heavy atom. The van der Waals surface area contributed by atoms with Gasteiger partial charge in [-0.3, -0.25) is 14.4 Å². The number of para-hydroxylation sites is 1. The van der Waals surface area contributed by atoms with E-state index in [1.54, 1.807) is 42.5 Å². The number of halogens is 7. The van der Waals surface area contributed by atoms with Crippen molar-refractivity contribution in [3.05, 3.63) is 58.6 Å². The first-order valence-electron chi connectivity index (χ1n) is 12.8. The van der Waals surface area contributed by atoms with Crippen LogP contribution in [0.25, 0.3) is 0 Å². The van der Waals surface area contributed by atoms with E-state index >= 15 is 0 Å². The highest BCUT2D eigenvalue weighted by Crippen LogP contribution is 2.42. The number of anilines is 2. The molecule has 218 valence electrons. The zero-order valence-electron chi connectivity index (χ0n) is 21.2. The second kappa shape index (κ2) is 10.7. The number of imide groups is 1. The zero-order valence-corrected chi connectivity index (χ0v) is 22.0. The van der Waals surface area contributed by atoms with Gasteiger partial charge in [0.25, 0.3) is 5.91 Å². The van der Waals surface area contributed by atoms with Crippen LogP contribution in [0.4, 0.5) is 37.7 Å². The Morgan fingerprint density at radius 1 is 0.878 bits per heavy atom. The van der Waals surface area contributed by atoms with Crippen molar-refractivity contribution in [2.24, 2.45) is 16.8 Å². The van der Waals surface area contributed by atoms with Gasteiger partial charge in [-0.1, -0.05) is 35.9 Å². The molecular formula is C27H23ClF6N4O3. The van der Waals surface area contributed by atoms with Gasteiger partial charge >= 0.3 is 12.4 Å². The summed E-state index contributed by atoms with van der Waals surface area (Å²) in [5.74, 6) is -6.48. The van der Waals surface area contributed by atoms with Crippen molar-refractivity contribution in [2.75, 3.05) is 23.3 Å². The molecule has 0 bridgehead atoms. The van der Waals surface area contributed by atoms with Gasteiger partial charge in [0, 0.05) is 42.1 Å². The first-order valence-corrected chi connectivity index (χ1v) is 13.2. The molecule has 3 amide bonds. The number of hydrogen-bond donors (Lipinski definition) is 1. The molecule has 1 saturated heterocycles. The number of likely N-dealkylation sites (tertiary alicyclic amines) is 1. The minimum absolute atomic E-state index is 0.114. The Hall–Kier alpha value is -3.61. The maximum atomic E-state index is 14.0. The molecule has 41 heavy (non-hydrogen) atoms. The van der Waals surface area contributed by atoms with Crippen LogP contribution in [-0.4, -0.2) is 59.9 Å². The molecule has 3 heterocycles. The summed E-state index contributed by atoms with van der Waals surface area (Å²) in [5, 5.41) is 3.50. The number of benzene rings is 2. The van der Waals surface area contributed by atoms with Crippen molar-refractivity contribution in [3.63, 3.8) is 0 Å². The fraction of sp³-hybridized carbons (Fsp3) is 0.407. The van der Waals surface area contributed by atoms with Crippen LogP contribution >= 0.6 is 11.6 Å². The van der Waals surface area contributed by atoms with E-state index in [2.05, 4.69) is 10.3 Å². The van der Waals surface area contributed by atoms with Crippen LogP contribution in [0.1, 0.15) is 36.8 Å². The molecule has 0 aromatic heterocycles. The third-order valence-corrected chi connectivity index (χ3v) is 7.60. The van der Waals surface area contributed by atoms with Gasteiger partial charge in [0.2, 0.25) is 18.0 Å². The van der Waals surface area contributed by atoms with Crippen molar-refractivity contribution >= 4 is 46.4 Å². The lowest BCUT2D eigenvalue weighted by atomic mass is 9.87. The number of amides is 3. The van der Waals surface area contributed by atoms with Gasteiger partial charge in [-0.05, 0) is 31.0 Å². The SMILES string of the molecule is O=C1[C@H](N2C(=O)[C@@H](CCC(F)(F)F)[C@@H](CCC(F)(F)F)C2=O)N=C(c2cccc(Cl)c2)c2cccc3c2N1CCN3. The molecule has 0 radical (unpaired) electrons. The highest BCUT2D eigenvalue weighted by Gasteiger charge is 2.54. The fourth-order valence-electron chi connectivity index (χ4n) is 5.56.